The molecule has 0 fully saturated rings. The number of hydrogen-bond donors (Lipinski definition) is 2. The molecule has 0 saturated heterocycles. The van der Waals surface area contributed by atoms with E-state index in [4.69, 9.17) is 5.73 Å². The third-order valence-electron chi connectivity index (χ3n) is 1.66. The van der Waals surface area contributed by atoms with Gasteiger partial charge < -0.3 is 10.8 Å². The molecular weight excluding hydrogens is 152 g/mol. The topological polar surface area (TPSA) is 59.1 Å². The van der Waals surface area contributed by atoms with Crippen LogP contribution in [0.5, 0.6) is 0 Å². The SMILES string of the molecule is Cc1cccc(CC(O)CN)n1. The lowest BCUT2D eigenvalue weighted by molar-refractivity contribution is 0.182. The van der Waals surface area contributed by atoms with Crippen molar-refractivity contribution in [2.24, 2.45) is 5.73 Å². The van der Waals surface area contributed by atoms with Crippen LogP contribution in [0.1, 0.15) is 11.4 Å². The van der Waals surface area contributed by atoms with Crippen molar-refractivity contribution < 1.29 is 5.11 Å². The maximum atomic E-state index is 9.24. The summed E-state index contributed by atoms with van der Waals surface area (Å²) < 4.78 is 0. The predicted octanol–water partition coefficient (Wildman–Crippen LogP) is 0.252. The van der Waals surface area contributed by atoms with Crippen LogP contribution in [0, 0.1) is 6.92 Å². The summed E-state index contributed by atoms with van der Waals surface area (Å²) in [6.45, 7) is 2.22. The molecule has 0 amide bonds. The van der Waals surface area contributed by atoms with Crippen molar-refractivity contribution in [2.75, 3.05) is 6.54 Å². The van der Waals surface area contributed by atoms with Crippen LogP contribution in [-0.2, 0) is 6.42 Å². The van der Waals surface area contributed by atoms with Gasteiger partial charge in [-0.2, -0.15) is 0 Å². The lowest BCUT2D eigenvalue weighted by Gasteiger charge is -2.06. The number of nitrogens with zero attached hydrogens (tertiary/aromatic N) is 1. The van der Waals surface area contributed by atoms with E-state index in [0.717, 1.165) is 11.4 Å². The Morgan fingerprint density at radius 3 is 2.92 bits per heavy atom. The zero-order valence-electron chi connectivity index (χ0n) is 7.20. The molecule has 0 radical (unpaired) electrons. The van der Waals surface area contributed by atoms with Gasteiger partial charge in [0.15, 0.2) is 0 Å². The molecule has 0 aromatic carbocycles. The minimum absolute atomic E-state index is 0.287. The van der Waals surface area contributed by atoms with E-state index < -0.39 is 6.10 Å². The summed E-state index contributed by atoms with van der Waals surface area (Å²) in [5, 5.41) is 9.24. The van der Waals surface area contributed by atoms with Crippen LogP contribution in [0.2, 0.25) is 0 Å². The van der Waals surface area contributed by atoms with Crippen LogP contribution in [0.15, 0.2) is 18.2 Å². The monoisotopic (exact) mass is 166 g/mol. The molecule has 66 valence electrons. The molecule has 0 aliphatic heterocycles. The number of nitrogens with two attached hydrogens (primary N) is 1. The van der Waals surface area contributed by atoms with Gasteiger partial charge in [0.25, 0.3) is 0 Å². The molecule has 1 atom stereocenters. The van der Waals surface area contributed by atoms with Gasteiger partial charge in [-0.3, -0.25) is 4.98 Å². The van der Waals surface area contributed by atoms with Crippen LogP contribution in [0.3, 0.4) is 0 Å². The fourth-order valence-electron chi connectivity index (χ4n) is 1.04. The number of pyridine rings is 1. The lowest BCUT2D eigenvalue weighted by Crippen LogP contribution is -2.22. The van der Waals surface area contributed by atoms with Crippen LogP contribution < -0.4 is 5.73 Å². The first kappa shape index (κ1) is 9.16. The highest BCUT2D eigenvalue weighted by Crippen LogP contribution is 2.00. The Balaban J connectivity index is 2.63. The lowest BCUT2D eigenvalue weighted by atomic mass is 10.2. The van der Waals surface area contributed by atoms with Crippen molar-refractivity contribution in [1.29, 1.82) is 0 Å². The molecule has 1 aromatic rings. The number of aliphatic hydroxyl groups excluding tert-OH is 1. The normalized spacial score (nSPS) is 12.9. The number of hydrogen-bond acceptors (Lipinski definition) is 3. The summed E-state index contributed by atoms with van der Waals surface area (Å²) in [6.07, 6.45) is 0.0670. The minimum Gasteiger partial charge on any atom is -0.391 e. The van der Waals surface area contributed by atoms with Gasteiger partial charge in [-0.05, 0) is 19.1 Å². The molecule has 0 aliphatic rings. The van der Waals surface area contributed by atoms with E-state index in [1.807, 2.05) is 25.1 Å². The number of aliphatic hydroxyl groups is 1. The summed E-state index contributed by atoms with van der Waals surface area (Å²) >= 11 is 0. The Morgan fingerprint density at radius 1 is 1.58 bits per heavy atom. The molecule has 0 spiro atoms. The molecule has 1 unspecified atom stereocenters. The third kappa shape index (κ3) is 2.60. The van der Waals surface area contributed by atoms with E-state index in [-0.39, 0.29) is 6.54 Å². The van der Waals surface area contributed by atoms with Crippen LogP contribution in [-0.4, -0.2) is 22.7 Å². The van der Waals surface area contributed by atoms with Gasteiger partial charge in [0, 0.05) is 24.4 Å². The minimum atomic E-state index is -0.473. The standard InChI is InChI=1S/C9H14N2O/c1-7-3-2-4-8(11-7)5-9(12)6-10/h2-4,9,12H,5-6,10H2,1H3. The van der Waals surface area contributed by atoms with Gasteiger partial charge in [-0.1, -0.05) is 6.07 Å². The van der Waals surface area contributed by atoms with Crippen molar-refractivity contribution >= 4 is 0 Å². The van der Waals surface area contributed by atoms with E-state index in [9.17, 15) is 5.11 Å². The highest BCUT2D eigenvalue weighted by Gasteiger charge is 2.03. The van der Waals surface area contributed by atoms with Crippen molar-refractivity contribution in [1.82, 2.24) is 4.98 Å². The molecule has 0 aliphatic carbocycles. The highest BCUT2D eigenvalue weighted by atomic mass is 16.3. The van der Waals surface area contributed by atoms with Gasteiger partial charge >= 0.3 is 0 Å². The van der Waals surface area contributed by atoms with Crippen molar-refractivity contribution in [3.8, 4) is 0 Å². The average molecular weight is 166 g/mol. The molecule has 3 N–H and O–H groups in total. The smallest absolute Gasteiger partial charge is 0.0717 e. The van der Waals surface area contributed by atoms with Crippen molar-refractivity contribution in [3.63, 3.8) is 0 Å². The molecule has 0 bridgehead atoms. The van der Waals surface area contributed by atoms with E-state index >= 15 is 0 Å². The molecule has 1 rings (SSSR count). The second-order valence-electron chi connectivity index (χ2n) is 2.86. The van der Waals surface area contributed by atoms with Crippen molar-refractivity contribution in [3.05, 3.63) is 29.6 Å². The van der Waals surface area contributed by atoms with E-state index in [1.54, 1.807) is 0 Å². The molecular formula is C9H14N2O. The maximum Gasteiger partial charge on any atom is 0.0717 e. The summed E-state index contributed by atoms with van der Waals surface area (Å²) in [5.74, 6) is 0. The quantitative estimate of drug-likeness (QED) is 0.676. The van der Waals surface area contributed by atoms with Crippen molar-refractivity contribution in [2.45, 2.75) is 19.4 Å². The number of rotatable bonds is 3. The Labute approximate surface area is 72.2 Å². The first-order chi connectivity index (χ1) is 5.72. The Bertz CT molecular complexity index is 250. The highest BCUT2D eigenvalue weighted by molar-refractivity contribution is 5.10. The summed E-state index contributed by atoms with van der Waals surface area (Å²) in [6, 6.07) is 5.76. The second-order valence-corrected chi connectivity index (χ2v) is 2.86. The Hall–Kier alpha value is -0.930. The predicted molar refractivity (Wildman–Crippen MR) is 47.7 cm³/mol. The van der Waals surface area contributed by atoms with Gasteiger partial charge in [0.05, 0.1) is 6.10 Å². The Morgan fingerprint density at radius 2 is 2.33 bits per heavy atom. The first-order valence-corrected chi connectivity index (χ1v) is 4.03. The average Bonchev–Trinajstić information content (AvgIpc) is 2.04. The van der Waals surface area contributed by atoms with Gasteiger partial charge in [-0.25, -0.2) is 0 Å². The maximum absolute atomic E-state index is 9.24. The van der Waals surface area contributed by atoms with Crippen LogP contribution in [0.4, 0.5) is 0 Å². The zero-order valence-corrected chi connectivity index (χ0v) is 7.20. The summed E-state index contributed by atoms with van der Waals surface area (Å²) in [4.78, 5) is 4.25. The molecule has 1 aromatic heterocycles. The summed E-state index contributed by atoms with van der Waals surface area (Å²) in [5.41, 5.74) is 7.15. The second kappa shape index (κ2) is 4.18. The van der Waals surface area contributed by atoms with E-state index in [1.165, 1.54) is 0 Å². The summed E-state index contributed by atoms with van der Waals surface area (Å²) in [7, 11) is 0. The number of aromatic nitrogens is 1. The molecule has 0 saturated carbocycles. The zero-order chi connectivity index (χ0) is 8.97. The Kier molecular flexibility index (Phi) is 3.19. The first-order valence-electron chi connectivity index (χ1n) is 4.03. The largest absolute Gasteiger partial charge is 0.391 e. The van der Waals surface area contributed by atoms with Gasteiger partial charge in [-0.15, -0.1) is 0 Å². The van der Waals surface area contributed by atoms with Gasteiger partial charge in [0.1, 0.15) is 0 Å². The fraction of sp³-hybridized carbons (Fsp3) is 0.444. The van der Waals surface area contributed by atoms with Crippen LogP contribution in [0.25, 0.3) is 0 Å². The van der Waals surface area contributed by atoms with Crippen LogP contribution >= 0.6 is 0 Å². The molecule has 1 heterocycles. The fourth-order valence-corrected chi connectivity index (χ4v) is 1.04. The molecule has 3 nitrogen and oxygen atoms in total. The number of aryl methyl sites for hydroxylation is 1. The molecule has 12 heavy (non-hydrogen) atoms. The van der Waals surface area contributed by atoms with Gasteiger partial charge in [0.2, 0.25) is 0 Å². The van der Waals surface area contributed by atoms with E-state index in [0.29, 0.717) is 6.42 Å². The third-order valence-corrected chi connectivity index (χ3v) is 1.66. The van der Waals surface area contributed by atoms with E-state index in [2.05, 4.69) is 4.98 Å². The molecule has 3 heteroatoms.